The molecule has 98 valence electrons. The van der Waals surface area contributed by atoms with Gasteiger partial charge in [-0.2, -0.15) is 5.10 Å². The first-order chi connectivity index (χ1) is 8.67. The second-order valence-corrected chi connectivity index (χ2v) is 4.24. The predicted octanol–water partition coefficient (Wildman–Crippen LogP) is 2.95. The van der Waals surface area contributed by atoms with E-state index in [1.807, 2.05) is 0 Å². The summed E-state index contributed by atoms with van der Waals surface area (Å²) in [5.41, 5.74) is 10.4. The fourth-order valence-electron chi connectivity index (χ4n) is 1.64. The Kier molecular flexibility index (Phi) is 5.91. The number of carbonyl (C=O) groups excluding carboxylic acids is 1. The SMILES string of the molecule is CCCC(CCC)=NNC(=O)c1ccc(N)cc1. The summed E-state index contributed by atoms with van der Waals surface area (Å²) in [5.74, 6) is -0.195. The molecule has 3 N–H and O–H groups in total. The van der Waals surface area contributed by atoms with Gasteiger partial charge < -0.3 is 5.73 Å². The number of hydrogen-bond acceptors (Lipinski definition) is 3. The Labute approximate surface area is 108 Å². The van der Waals surface area contributed by atoms with Crippen LogP contribution < -0.4 is 11.2 Å². The third kappa shape index (κ3) is 4.57. The Bertz CT molecular complexity index is 402. The van der Waals surface area contributed by atoms with Gasteiger partial charge in [0.2, 0.25) is 0 Å². The number of anilines is 1. The summed E-state index contributed by atoms with van der Waals surface area (Å²) in [6, 6.07) is 6.80. The Morgan fingerprint density at radius 2 is 1.72 bits per heavy atom. The van der Waals surface area contributed by atoms with Crippen LogP contribution in [0.25, 0.3) is 0 Å². The molecule has 0 aliphatic carbocycles. The van der Waals surface area contributed by atoms with Crippen molar-refractivity contribution < 1.29 is 4.79 Å². The highest BCUT2D eigenvalue weighted by molar-refractivity contribution is 5.95. The van der Waals surface area contributed by atoms with Crippen molar-refractivity contribution in [3.8, 4) is 0 Å². The molecular formula is C14H21N3O. The molecule has 0 bridgehead atoms. The normalized spacial score (nSPS) is 9.89. The van der Waals surface area contributed by atoms with E-state index in [4.69, 9.17) is 5.73 Å². The number of carbonyl (C=O) groups is 1. The first-order valence-corrected chi connectivity index (χ1v) is 6.38. The minimum absolute atomic E-state index is 0.195. The van der Waals surface area contributed by atoms with Crippen LogP contribution in [-0.4, -0.2) is 11.6 Å². The summed E-state index contributed by atoms with van der Waals surface area (Å²) < 4.78 is 0. The smallest absolute Gasteiger partial charge is 0.271 e. The van der Waals surface area contributed by atoms with Crippen LogP contribution >= 0.6 is 0 Å². The maximum Gasteiger partial charge on any atom is 0.271 e. The number of nitrogens with two attached hydrogens (primary N) is 1. The zero-order valence-electron chi connectivity index (χ0n) is 11.1. The van der Waals surface area contributed by atoms with Crippen molar-refractivity contribution in [1.82, 2.24) is 5.43 Å². The monoisotopic (exact) mass is 247 g/mol. The number of nitrogen functional groups attached to an aromatic ring is 1. The molecular weight excluding hydrogens is 226 g/mol. The van der Waals surface area contributed by atoms with Crippen LogP contribution in [0.1, 0.15) is 49.9 Å². The van der Waals surface area contributed by atoms with Gasteiger partial charge in [-0.15, -0.1) is 0 Å². The van der Waals surface area contributed by atoms with E-state index in [-0.39, 0.29) is 5.91 Å². The van der Waals surface area contributed by atoms with Crippen LogP contribution in [0.15, 0.2) is 29.4 Å². The lowest BCUT2D eigenvalue weighted by atomic mass is 10.1. The molecule has 0 aliphatic rings. The van der Waals surface area contributed by atoms with Crippen LogP contribution in [0.3, 0.4) is 0 Å². The molecule has 0 radical (unpaired) electrons. The minimum Gasteiger partial charge on any atom is -0.399 e. The van der Waals surface area contributed by atoms with E-state index in [0.29, 0.717) is 11.3 Å². The Morgan fingerprint density at radius 3 is 2.22 bits per heavy atom. The van der Waals surface area contributed by atoms with Gasteiger partial charge >= 0.3 is 0 Å². The average molecular weight is 247 g/mol. The van der Waals surface area contributed by atoms with Gasteiger partial charge in [-0.1, -0.05) is 26.7 Å². The molecule has 0 heterocycles. The van der Waals surface area contributed by atoms with Gasteiger partial charge in [-0.05, 0) is 37.1 Å². The summed E-state index contributed by atoms with van der Waals surface area (Å²) >= 11 is 0. The molecule has 0 spiro atoms. The van der Waals surface area contributed by atoms with E-state index < -0.39 is 0 Å². The fourth-order valence-corrected chi connectivity index (χ4v) is 1.64. The first kappa shape index (κ1) is 14.2. The summed E-state index contributed by atoms with van der Waals surface area (Å²) in [4.78, 5) is 11.8. The van der Waals surface area contributed by atoms with Gasteiger partial charge in [0.25, 0.3) is 5.91 Å². The molecule has 0 aromatic heterocycles. The molecule has 1 aromatic rings. The minimum atomic E-state index is -0.195. The molecule has 0 saturated heterocycles. The Hall–Kier alpha value is -1.84. The second-order valence-electron chi connectivity index (χ2n) is 4.24. The Balaban J connectivity index is 2.63. The van der Waals surface area contributed by atoms with Gasteiger partial charge in [-0.3, -0.25) is 4.79 Å². The summed E-state index contributed by atoms with van der Waals surface area (Å²) in [6.45, 7) is 4.21. The lowest BCUT2D eigenvalue weighted by Crippen LogP contribution is -2.19. The van der Waals surface area contributed by atoms with Crippen molar-refractivity contribution in [3.63, 3.8) is 0 Å². The molecule has 4 heteroatoms. The summed E-state index contributed by atoms with van der Waals surface area (Å²) in [6.07, 6.45) is 3.93. The highest BCUT2D eigenvalue weighted by atomic mass is 16.2. The van der Waals surface area contributed by atoms with E-state index in [1.165, 1.54) is 0 Å². The lowest BCUT2D eigenvalue weighted by Gasteiger charge is -2.05. The summed E-state index contributed by atoms with van der Waals surface area (Å²) in [7, 11) is 0. The van der Waals surface area contributed by atoms with Crippen molar-refractivity contribution in [1.29, 1.82) is 0 Å². The number of hydrazone groups is 1. The van der Waals surface area contributed by atoms with E-state index in [2.05, 4.69) is 24.4 Å². The standard InChI is InChI=1S/C14H21N3O/c1-3-5-13(6-4-2)16-17-14(18)11-7-9-12(15)10-8-11/h7-10H,3-6,15H2,1-2H3,(H,17,18). The Morgan fingerprint density at radius 1 is 1.17 bits per heavy atom. The average Bonchev–Trinajstić information content (AvgIpc) is 2.37. The van der Waals surface area contributed by atoms with Crippen LogP contribution in [0.2, 0.25) is 0 Å². The van der Waals surface area contributed by atoms with Gasteiger partial charge in [-0.25, -0.2) is 5.43 Å². The van der Waals surface area contributed by atoms with Gasteiger partial charge in [0.05, 0.1) is 0 Å². The number of benzene rings is 1. The quantitative estimate of drug-likeness (QED) is 0.461. The highest BCUT2D eigenvalue weighted by Gasteiger charge is 2.04. The number of nitrogens with zero attached hydrogens (tertiary/aromatic N) is 1. The molecule has 0 fully saturated rings. The van der Waals surface area contributed by atoms with Crippen LogP contribution in [0.4, 0.5) is 5.69 Å². The molecule has 0 unspecified atom stereocenters. The maximum absolute atomic E-state index is 11.8. The number of rotatable bonds is 6. The van der Waals surface area contributed by atoms with Crippen molar-refractivity contribution in [2.75, 3.05) is 5.73 Å². The molecule has 1 amide bonds. The molecule has 0 saturated carbocycles. The zero-order valence-corrected chi connectivity index (χ0v) is 11.1. The number of nitrogens with one attached hydrogen (secondary N) is 1. The van der Waals surface area contributed by atoms with Gasteiger partial charge in [0.1, 0.15) is 0 Å². The largest absolute Gasteiger partial charge is 0.399 e. The van der Waals surface area contributed by atoms with Crippen molar-refractivity contribution in [2.24, 2.45) is 5.10 Å². The fraction of sp³-hybridized carbons (Fsp3) is 0.429. The van der Waals surface area contributed by atoms with E-state index >= 15 is 0 Å². The highest BCUT2D eigenvalue weighted by Crippen LogP contribution is 2.05. The first-order valence-electron chi connectivity index (χ1n) is 6.38. The third-order valence-corrected chi connectivity index (χ3v) is 2.57. The molecule has 1 rings (SSSR count). The number of hydrogen-bond donors (Lipinski definition) is 2. The topological polar surface area (TPSA) is 67.5 Å². The second kappa shape index (κ2) is 7.48. The van der Waals surface area contributed by atoms with Crippen LogP contribution in [0, 0.1) is 0 Å². The maximum atomic E-state index is 11.8. The van der Waals surface area contributed by atoms with E-state index in [0.717, 1.165) is 31.4 Å². The summed E-state index contributed by atoms with van der Waals surface area (Å²) in [5, 5.41) is 4.19. The van der Waals surface area contributed by atoms with Crippen molar-refractivity contribution >= 4 is 17.3 Å². The number of amides is 1. The lowest BCUT2D eigenvalue weighted by molar-refractivity contribution is 0.0954. The predicted molar refractivity (Wildman–Crippen MR) is 75.6 cm³/mol. The molecule has 4 nitrogen and oxygen atoms in total. The van der Waals surface area contributed by atoms with Gasteiger partial charge in [0, 0.05) is 17.0 Å². The van der Waals surface area contributed by atoms with E-state index in [9.17, 15) is 4.79 Å². The van der Waals surface area contributed by atoms with E-state index in [1.54, 1.807) is 24.3 Å². The van der Waals surface area contributed by atoms with Crippen molar-refractivity contribution in [3.05, 3.63) is 29.8 Å². The molecule has 18 heavy (non-hydrogen) atoms. The molecule has 1 aromatic carbocycles. The van der Waals surface area contributed by atoms with Crippen LogP contribution in [0.5, 0.6) is 0 Å². The van der Waals surface area contributed by atoms with Gasteiger partial charge in [0.15, 0.2) is 0 Å². The van der Waals surface area contributed by atoms with Crippen LogP contribution in [-0.2, 0) is 0 Å². The molecule has 0 atom stereocenters. The van der Waals surface area contributed by atoms with Crippen molar-refractivity contribution in [2.45, 2.75) is 39.5 Å². The third-order valence-electron chi connectivity index (χ3n) is 2.57. The zero-order chi connectivity index (χ0) is 13.4. The molecule has 0 aliphatic heterocycles.